The number of rotatable bonds is 34. The number of ether oxygens (including phenoxy) is 3. The monoisotopic (exact) mass is 969 g/mol. The summed E-state index contributed by atoms with van der Waals surface area (Å²) in [4.78, 5) is 99.8. The van der Waals surface area contributed by atoms with Crippen molar-refractivity contribution in [3.8, 4) is 0 Å². The summed E-state index contributed by atoms with van der Waals surface area (Å²) in [6.45, 7) is 19.4. The van der Waals surface area contributed by atoms with Crippen molar-refractivity contribution in [3.63, 3.8) is 0 Å². The predicted octanol–water partition coefficient (Wildman–Crippen LogP) is 5.89. The van der Waals surface area contributed by atoms with E-state index in [2.05, 4.69) is 29.1 Å². The lowest BCUT2D eigenvalue weighted by Crippen LogP contribution is -2.46. The second kappa shape index (κ2) is 33.0. The van der Waals surface area contributed by atoms with Gasteiger partial charge >= 0.3 is 38.7 Å². The van der Waals surface area contributed by atoms with Crippen LogP contribution in [0, 0.1) is 17.3 Å². The van der Waals surface area contributed by atoms with E-state index in [1.165, 1.54) is 13.8 Å². The summed E-state index contributed by atoms with van der Waals surface area (Å²) < 4.78 is 33.0. The first-order valence-corrected chi connectivity index (χ1v) is 25.3. The van der Waals surface area contributed by atoms with Crippen molar-refractivity contribution in [2.24, 2.45) is 17.3 Å². The van der Waals surface area contributed by atoms with Gasteiger partial charge in [-0.05, 0) is 46.5 Å². The van der Waals surface area contributed by atoms with Crippen LogP contribution < -0.4 is 16.0 Å². The molecule has 0 aliphatic rings. The molecule has 0 aliphatic heterocycles. The van der Waals surface area contributed by atoms with Crippen molar-refractivity contribution >= 4 is 89.7 Å². The molecule has 0 heterocycles. The summed E-state index contributed by atoms with van der Waals surface area (Å²) in [5.74, 6) is -7.14. The van der Waals surface area contributed by atoms with E-state index in [0.717, 1.165) is 23.9 Å². The van der Waals surface area contributed by atoms with Gasteiger partial charge < -0.3 is 53.7 Å². The number of carbonyl (C=O) groups is 8. The van der Waals surface area contributed by atoms with Crippen molar-refractivity contribution in [1.82, 2.24) is 16.0 Å². The van der Waals surface area contributed by atoms with Crippen molar-refractivity contribution < 1.29 is 76.1 Å². The fourth-order valence-corrected chi connectivity index (χ4v) is 11.2. The van der Waals surface area contributed by atoms with E-state index in [1.807, 2.05) is 20.8 Å². The largest absolute Gasteiger partial charge is 0.500 e. The minimum atomic E-state index is -2.89. The van der Waals surface area contributed by atoms with Gasteiger partial charge in [-0.1, -0.05) is 76.1 Å². The lowest BCUT2D eigenvalue weighted by Gasteiger charge is -2.38. The van der Waals surface area contributed by atoms with Crippen LogP contribution in [-0.4, -0.2) is 140 Å². The molecule has 360 valence electrons. The molecule has 0 saturated carbocycles. The Labute approximate surface area is 384 Å². The summed E-state index contributed by atoms with van der Waals surface area (Å²) in [5, 5.41) is 24.9. The molecular weight excluding hydrogens is 903 g/mol. The topological polar surface area (TPSA) is 268 Å². The molecule has 0 radical (unpaired) electrons. The number of carboxylic acid groups (broad SMARTS) is 2. The number of carboxylic acids is 2. The zero-order valence-electron chi connectivity index (χ0n) is 37.4. The van der Waals surface area contributed by atoms with Crippen molar-refractivity contribution in [2.45, 2.75) is 102 Å². The zero-order chi connectivity index (χ0) is 48.0. The van der Waals surface area contributed by atoms with Crippen LogP contribution in [0.5, 0.6) is 0 Å². The summed E-state index contributed by atoms with van der Waals surface area (Å²) in [7, 11) is -2.89. The van der Waals surface area contributed by atoms with E-state index in [9.17, 15) is 48.6 Å². The average molecular weight is 970 g/mol. The Balaban J connectivity index is 6.07. The van der Waals surface area contributed by atoms with Gasteiger partial charge in [0.1, 0.15) is 13.2 Å². The molecule has 0 rings (SSSR count). The highest BCUT2D eigenvalue weighted by Gasteiger charge is 2.44. The van der Waals surface area contributed by atoms with Crippen molar-refractivity contribution in [1.29, 1.82) is 0 Å². The fourth-order valence-electron chi connectivity index (χ4n) is 6.04. The molecule has 63 heavy (non-hydrogen) atoms. The number of thioether (sulfide) groups is 3. The maximum atomic E-state index is 13.3. The quantitative estimate of drug-likeness (QED) is 0.0165. The van der Waals surface area contributed by atoms with Crippen LogP contribution in [0.3, 0.4) is 0 Å². The Morgan fingerprint density at radius 3 is 1.44 bits per heavy atom. The van der Waals surface area contributed by atoms with E-state index in [1.54, 1.807) is 13.8 Å². The fraction of sp³-hybridized carbons (Fsp3) is 0.700. The van der Waals surface area contributed by atoms with Gasteiger partial charge in [-0.3, -0.25) is 28.8 Å². The van der Waals surface area contributed by atoms with Gasteiger partial charge in [-0.2, -0.15) is 0 Å². The Kier molecular flexibility index (Phi) is 31.1. The molecule has 0 bridgehead atoms. The maximum Gasteiger partial charge on any atom is 0.500 e. The molecule has 23 heteroatoms. The summed E-state index contributed by atoms with van der Waals surface area (Å²) in [5.41, 5.74) is -1.28. The van der Waals surface area contributed by atoms with Gasteiger partial charge in [-0.25, -0.2) is 9.59 Å². The molecular formula is C40H67N3O16S3Si. The van der Waals surface area contributed by atoms with Gasteiger partial charge in [-0.15, -0.1) is 0 Å². The highest BCUT2D eigenvalue weighted by atomic mass is 32.2. The van der Waals surface area contributed by atoms with E-state index >= 15 is 0 Å². The van der Waals surface area contributed by atoms with E-state index in [4.69, 9.17) is 27.5 Å². The standard InChI is InChI=1S/C40H67N3O16S3Si/c1-10-32(44)54-20-18-42-38(52)61-28(8)30(35(47)48)24-40(12-3,25-31(36(49)50)29(9)62-39(53)43-19-21-55-33(45)11-2)26-56-34(46)23-27(7)60-37(51)41-17-16-22-63(57-13-4,58-14-5)59-15-6/h10-11,27-31H,1-2,12-26H2,3-9H3,(H,41,51)(H,42,52)(H,43,53)(H,47,48)(H,49,50). The normalized spacial score (nSPS) is 14.6. The number of aliphatic carboxylic acids is 2. The van der Waals surface area contributed by atoms with Crippen LogP contribution in [0.1, 0.15) is 80.6 Å². The highest BCUT2D eigenvalue weighted by Crippen LogP contribution is 2.43. The molecule has 0 aliphatic carbocycles. The minimum absolute atomic E-state index is 0.0497. The molecule has 19 nitrogen and oxygen atoms in total. The first-order valence-electron chi connectivity index (χ1n) is 20.7. The van der Waals surface area contributed by atoms with Gasteiger partial charge in [0.05, 0.1) is 38.0 Å². The molecule has 5 atom stereocenters. The number of nitrogens with one attached hydrogen (secondary N) is 3. The van der Waals surface area contributed by atoms with Crippen LogP contribution in [0.25, 0.3) is 0 Å². The van der Waals surface area contributed by atoms with Crippen molar-refractivity contribution in [2.75, 3.05) is 59.3 Å². The Morgan fingerprint density at radius 1 is 0.651 bits per heavy atom. The van der Waals surface area contributed by atoms with Crippen LogP contribution in [0.2, 0.25) is 6.04 Å². The molecule has 0 saturated heterocycles. The maximum absolute atomic E-state index is 13.3. The van der Waals surface area contributed by atoms with Crippen LogP contribution in [0.4, 0.5) is 14.4 Å². The zero-order valence-corrected chi connectivity index (χ0v) is 40.8. The van der Waals surface area contributed by atoms with Gasteiger partial charge in [0.25, 0.3) is 15.7 Å². The molecule has 0 spiro atoms. The Morgan fingerprint density at radius 2 is 1.06 bits per heavy atom. The molecule has 0 aromatic rings. The Bertz CT molecular complexity index is 1420. The third kappa shape index (κ3) is 25.5. The number of esters is 3. The molecule has 0 aromatic heterocycles. The van der Waals surface area contributed by atoms with Crippen LogP contribution in [0.15, 0.2) is 25.3 Å². The number of hydrogen-bond acceptors (Lipinski definition) is 17. The first kappa shape index (κ1) is 59.4. The van der Waals surface area contributed by atoms with E-state index in [0.29, 0.717) is 62.4 Å². The molecule has 0 aromatic carbocycles. The minimum Gasteiger partial charge on any atom is -0.481 e. The molecule has 0 fully saturated rings. The first-order chi connectivity index (χ1) is 29.8. The predicted molar refractivity (Wildman–Crippen MR) is 244 cm³/mol. The Hall–Kier alpha value is -3.61. The van der Waals surface area contributed by atoms with E-state index in [-0.39, 0.29) is 57.2 Å². The third-order valence-corrected chi connectivity index (χ3v) is 15.5. The van der Waals surface area contributed by atoms with Crippen LogP contribution >= 0.6 is 35.3 Å². The summed E-state index contributed by atoms with van der Waals surface area (Å²) >= 11 is 2.28. The SMILES string of the molecule is C=CC(=O)OCCNC(=O)SC(C)C(CC(CC)(COC(=O)CC(C)SC(=O)NCCC[Si](OCC)(OCC)OCC)CC(C(=O)O)C(C)SC(=O)NCCOC(=O)C=C)C(=O)O. The lowest BCUT2D eigenvalue weighted by atomic mass is 9.70. The number of amides is 3. The number of carbonyl (C=O) groups excluding carboxylic acids is 6. The van der Waals surface area contributed by atoms with Crippen molar-refractivity contribution in [3.05, 3.63) is 25.3 Å². The second-order valence-electron chi connectivity index (χ2n) is 14.1. The molecule has 5 unspecified atom stereocenters. The smallest absolute Gasteiger partial charge is 0.481 e. The van der Waals surface area contributed by atoms with Gasteiger partial charge in [0.2, 0.25) is 0 Å². The average Bonchev–Trinajstić information content (AvgIpc) is 3.22. The summed E-state index contributed by atoms with van der Waals surface area (Å²) in [6, 6.07) is 0.499. The molecule has 5 N–H and O–H groups in total. The highest BCUT2D eigenvalue weighted by molar-refractivity contribution is 8.14. The third-order valence-electron chi connectivity index (χ3n) is 9.30. The summed E-state index contributed by atoms with van der Waals surface area (Å²) in [6.07, 6.45) is 1.95. The van der Waals surface area contributed by atoms with E-state index < -0.39 is 88.7 Å². The lowest BCUT2D eigenvalue weighted by molar-refractivity contribution is -0.151. The molecule has 3 amide bonds. The second-order valence-corrected chi connectivity index (χ2v) is 20.9. The van der Waals surface area contributed by atoms with Crippen LogP contribution in [-0.2, 0) is 51.5 Å². The van der Waals surface area contributed by atoms with Gasteiger partial charge in [0.15, 0.2) is 0 Å². The van der Waals surface area contributed by atoms with Gasteiger partial charge in [0, 0.05) is 65.7 Å². The number of hydrogen-bond donors (Lipinski definition) is 5.